The number of methoxy groups -OCH3 is 1. The molecule has 20 heavy (non-hydrogen) atoms. The lowest BCUT2D eigenvalue weighted by atomic mass is 10.0. The summed E-state index contributed by atoms with van der Waals surface area (Å²) in [6, 6.07) is 12.4. The Labute approximate surface area is 126 Å². The maximum Gasteiger partial charge on any atom is 0.194 e. The molecular formula is C16H15BrO3. The van der Waals surface area contributed by atoms with E-state index >= 15 is 0 Å². The first-order valence-corrected chi connectivity index (χ1v) is 7.06. The molecular weight excluding hydrogens is 320 g/mol. The highest BCUT2D eigenvalue weighted by atomic mass is 79.9. The second-order valence-corrected chi connectivity index (χ2v) is 4.99. The summed E-state index contributed by atoms with van der Waals surface area (Å²) in [5.74, 6) is 1.43. The van der Waals surface area contributed by atoms with Gasteiger partial charge in [-0.05, 0) is 65.3 Å². The summed E-state index contributed by atoms with van der Waals surface area (Å²) in [5.41, 5.74) is 1.23. The zero-order valence-corrected chi connectivity index (χ0v) is 12.9. The molecule has 2 aromatic carbocycles. The van der Waals surface area contributed by atoms with E-state index in [-0.39, 0.29) is 5.78 Å². The maximum atomic E-state index is 12.4. The van der Waals surface area contributed by atoms with Gasteiger partial charge in [0.2, 0.25) is 0 Å². The lowest BCUT2D eigenvalue weighted by molar-refractivity contribution is 0.103. The normalized spacial score (nSPS) is 10.2. The Bertz CT molecular complexity index is 606. The van der Waals surface area contributed by atoms with Crippen LogP contribution in [-0.4, -0.2) is 19.5 Å². The van der Waals surface area contributed by atoms with Crippen molar-refractivity contribution in [3.05, 3.63) is 58.1 Å². The summed E-state index contributed by atoms with van der Waals surface area (Å²) in [7, 11) is 1.60. The van der Waals surface area contributed by atoms with Gasteiger partial charge in [-0.2, -0.15) is 0 Å². The van der Waals surface area contributed by atoms with E-state index in [1.807, 2.05) is 6.92 Å². The van der Waals surface area contributed by atoms with Crippen LogP contribution in [0.5, 0.6) is 11.5 Å². The molecule has 0 N–H and O–H groups in total. The van der Waals surface area contributed by atoms with Gasteiger partial charge in [-0.3, -0.25) is 4.79 Å². The number of benzene rings is 2. The van der Waals surface area contributed by atoms with Crippen molar-refractivity contribution in [2.24, 2.45) is 0 Å². The van der Waals surface area contributed by atoms with Gasteiger partial charge in [0.25, 0.3) is 0 Å². The van der Waals surface area contributed by atoms with E-state index in [4.69, 9.17) is 9.47 Å². The molecule has 0 radical (unpaired) electrons. The van der Waals surface area contributed by atoms with Crippen LogP contribution in [0.1, 0.15) is 22.8 Å². The van der Waals surface area contributed by atoms with Crippen LogP contribution in [0.25, 0.3) is 0 Å². The fourth-order valence-electron chi connectivity index (χ4n) is 1.83. The van der Waals surface area contributed by atoms with Gasteiger partial charge in [-0.1, -0.05) is 0 Å². The standard InChI is InChI=1S/C16H15BrO3/c1-3-20-13-8-9-14(15(17)10-13)16(18)11-4-6-12(19-2)7-5-11/h4-10H,3H2,1-2H3. The molecule has 0 saturated carbocycles. The summed E-state index contributed by atoms with van der Waals surface area (Å²) in [4.78, 5) is 12.4. The maximum absolute atomic E-state index is 12.4. The van der Waals surface area contributed by atoms with Gasteiger partial charge >= 0.3 is 0 Å². The topological polar surface area (TPSA) is 35.5 Å². The van der Waals surface area contributed by atoms with Crippen LogP contribution < -0.4 is 9.47 Å². The Morgan fingerprint density at radius 1 is 1.10 bits per heavy atom. The Hall–Kier alpha value is -1.81. The zero-order chi connectivity index (χ0) is 14.5. The molecule has 3 nitrogen and oxygen atoms in total. The zero-order valence-electron chi connectivity index (χ0n) is 11.4. The highest BCUT2D eigenvalue weighted by Crippen LogP contribution is 2.26. The van der Waals surface area contributed by atoms with Crippen molar-refractivity contribution in [1.82, 2.24) is 0 Å². The summed E-state index contributed by atoms with van der Waals surface area (Å²) >= 11 is 3.42. The summed E-state index contributed by atoms with van der Waals surface area (Å²) in [6.45, 7) is 2.52. The monoisotopic (exact) mass is 334 g/mol. The molecule has 0 atom stereocenters. The third-order valence-corrected chi connectivity index (χ3v) is 3.50. The largest absolute Gasteiger partial charge is 0.497 e. The van der Waals surface area contributed by atoms with Gasteiger partial charge in [0, 0.05) is 15.6 Å². The smallest absolute Gasteiger partial charge is 0.194 e. The fourth-order valence-corrected chi connectivity index (χ4v) is 2.37. The summed E-state index contributed by atoms with van der Waals surface area (Å²) in [6.07, 6.45) is 0. The number of ether oxygens (including phenoxy) is 2. The van der Waals surface area contributed by atoms with Gasteiger partial charge in [-0.15, -0.1) is 0 Å². The van der Waals surface area contributed by atoms with Crippen LogP contribution in [0.2, 0.25) is 0 Å². The van der Waals surface area contributed by atoms with Gasteiger partial charge in [0.15, 0.2) is 5.78 Å². The number of carbonyl (C=O) groups excluding carboxylic acids is 1. The molecule has 0 spiro atoms. The lowest BCUT2D eigenvalue weighted by Gasteiger charge is -2.08. The highest BCUT2D eigenvalue weighted by molar-refractivity contribution is 9.10. The molecule has 0 bridgehead atoms. The number of halogens is 1. The van der Waals surface area contributed by atoms with E-state index in [0.717, 1.165) is 16.0 Å². The second kappa shape index (κ2) is 6.57. The molecule has 0 aliphatic rings. The molecule has 0 aliphatic heterocycles. The molecule has 0 amide bonds. The van der Waals surface area contributed by atoms with Crippen LogP contribution in [0, 0.1) is 0 Å². The van der Waals surface area contributed by atoms with Crippen molar-refractivity contribution in [3.8, 4) is 11.5 Å². The van der Waals surface area contributed by atoms with E-state index in [9.17, 15) is 4.79 Å². The van der Waals surface area contributed by atoms with Gasteiger partial charge in [-0.25, -0.2) is 0 Å². The minimum Gasteiger partial charge on any atom is -0.497 e. The predicted octanol–water partition coefficient (Wildman–Crippen LogP) is 4.09. The lowest BCUT2D eigenvalue weighted by Crippen LogP contribution is -2.03. The van der Waals surface area contributed by atoms with Crippen molar-refractivity contribution in [2.75, 3.05) is 13.7 Å². The van der Waals surface area contributed by atoms with E-state index in [1.54, 1.807) is 49.6 Å². The van der Waals surface area contributed by atoms with Gasteiger partial charge in [0.1, 0.15) is 11.5 Å². The molecule has 2 rings (SSSR count). The SMILES string of the molecule is CCOc1ccc(C(=O)c2ccc(OC)cc2)c(Br)c1. The van der Waals surface area contributed by atoms with Crippen molar-refractivity contribution >= 4 is 21.7 Å². The van der Waals surface area contributed by atoms with E-state index in [0.29, 0.717) is 17.7 Å². The quantitative estimate of drug-likeness (QED) is 0.772. The summed E-state index contributed by atoms with van der Waals surface area (Å²) < 4.78 is 11.2. The molecule has 0 aliphatic carbocycles. The number of hydrogen-bond acceptors (Lipinski definition) is 3. The van der Waals surface area contributed by atoms with Crippen LogP contribution in [0.3, 0.4) is 0 Å². The minimum atomic E-state index is -0.0393. The van der Waals surface area contributed by atoms with Crippen molar-refractivity contribution < 1.29 is 14.3 Å². The Balaban J connectivity index is 2.28. The second-order valence-electron chi connectivity index (χ2n) is 4.13. The molecule has 104 valence electrons. The number of ketones is 1. The Morgan fingerprint density at radius 3 is 2.30 bits per heavy atom. The van der Waals surface area contributed by atoms with Crippen molar-refractivity contribution in [1.29, 1.82) is 0 Å². The molecule has 0 heterocycles. The third-order valence-electron chi connectivity index (χ3n) is 2.85. The van der Waals surface area contributed by atoms with Gasteiger partial charge in [0.05, 0.1) is 13.7 Å². The van der Waals surface area contributed by atoms with Crippen LogP contribution in [0.15, 0.2) is 46.9 Å². The predicted molar refractivity (Wildman–Crippen MR) is 81.7 cm³/mol. The van der Waals surface area contributed by atoms with Crippen molar-refractivity contribution in [3.63, 3.8) is 0 Å². The van der Waals surface area contributed by atoms with Gasteiger partial charge < -0.3 is 9.47 Å². The first-order chi connectivity index (χ1) is 9.65. The van der Waals surface area contributed by atoms with Crippen molar-refractivity contribution in [2.45, 2.75) is 6.92 Å². The van der Waals surface area contributed by atoms with Crippen LogP contribution >= 0.6 is 15.9 Å². The average Bonchev–Trinajstić information content (AvgIpc) is 2.47. The summed E-state index contributed by atoms with van der Waals surface area (Å²) in [5, 5.41) is 0. The molecule has 0 saturated heterocycles. The molecule has 0 unspecified atom stereocenters. The fraction of sp³-hybridized carbons (Fsp3) is 0.188. The average molecular weight is 335 g/mol. The molecule has 0 fully saturated rings. The Morgan fingerprint density at radius 2 is 1.75 bits per heavy atom. The Kier molecular flexibility index (Phi) is 4.79. The number of rotatable bonds is 5. The molecule has 0 aromatic heterocycles. The number of hydrogen-bond donors (Lipinski definition) is 0. The minimum absolute atomic E-state index is 0.0393. The first-order valence-electron chi connectivity index (χ1n) is 6.26. The van der Waals surface area contributed by atoms with E-state index in [2.05, 4.69) is 15.9 Å². The van der Waals surface area contributed by atoms with Crippen LogP contribution in [-0.2, 0) is 0 Å². The highest BCUT2D eigenvalue weighted by Gasteiger charge is 2.13. The van der Waals surface area contributed by atoms with E-state index < -0.39 is 0 Å². The van der Waals surface area contributed by atoms with Crippen LogP contribution in [0.4, 0.5) is 0 Å². The number of carbonyl (C=O) groups is 1. The van der Waals surface area contributed by atoms with E-state index in [1.165, 1.54) is 0 Å². The third kappa shape index (κ3) is 3.20. The molecule has 4 heteroatoms. The first kappa shape index (κ1) is 14.6. The molecule has 2 aromatic rings.